The zero-order valence-corrected chi connectivity index (χ0v) is 15.8. The molecule has 4 rings (SSSR count). The first-order chi connectivity index (χ1) is 13.7. The predicted octanol–water partition coefficient (Wildman–Crippen LogP) is 4.89. The third-order valence-corrected chi connectivity index (χ3v) is 5.24. The molecule has 4 nitrogen and oxygen atoms in total. The minimum atomic E-state index is -0.486. The molecule has 5 heteroatoms. The number of aryl methyl sites for hydroxylation is 1. The van der Waals surface area contributed by atoms with Crippen molar-refractivity contribution in [3.63, 3.8) is 0 Å². The number of carbonyl (C=O) groups is 1. The van der Waals surface area contributed by atoms with Crippen molar-refractivity contribution in [2.45, 2.75) is 19.7 Å². The maximum atomic E-state index is 13.0. The van der Waals surface area contributed by atoms with E-state index in [0.717, 1.165) is 39.7 Å². The predicted molar refractivity (Wildman–Crippen MR) is 110 cm³/mol. The van der Waals surface area contributed by atoms with Gasteiger partial charge in [0.05, 0.1) is 13.2 Å². The summed E-state index contributed by atoms with van der Waals surface area (Å²) in [5.74, 6) is 0. The molecule has 1 N–H and O–H groups in total. The third kappa shape index (κ3) is 3.58. The lowest BCUT2D eigenvalue weighted by Crippen LogP contribution is -2.37. The summed E-state index contributed by atoms with van der Waals surface area (Å²) in [5, 5.41) is 5.63. The van der Waals surface area contributed by atoms with Crippen molar-refractivity contribution in [1.29, 1.82) is 0 Å². The van der Waals surface area contributed by atoms with Crippen LogP contribution >= 0.6 is 0 Å². The number of amides is 1. The van der Waals surface area contributed by atoms with Gasteiger partial charge in [0.1, 0.15) is 12.8 Å². The summed E-state index contributed by atoms with van der Waals surface area (Å²) in [6.07, 6.45) is 0.740. The number of alkyl halides is 1. The highest BCUT2D eigenvalue weighted by Gasteiger charge is 2.23. The zero-order valence-electron chi connectivity index (χ0n) is 15.8. The van der Waals surface area contributed by atoms with Crippen molar-refractivity contribution in [3.05, 3.63) is 71.3 Å². The second kappa shape index (κ2) is 7.98. The molecule has 0 bridgehead atoms. The number of ether oxygens (including phenoxy) is 1. The first kappa shape index (κ1) is 18.4. The quantitative estimate of drug-likeness (QED) is 0.643. The van der Waals surface area contributed by atoms with Crippen LogP contribution in [0.4, 0.5) is 15.8 Å². The average molecular weight is 378 g/mol. The van der Waals surface area contributed by atoms with Crippen molar-refractivity contribution in [2.75, 3.05) is 25.0 Å². The molecular weight excluding hydrogens is 355 g/mol. The maximum absolute atomic E-state index is 13.0. The van der Waals surface area contributed by atoms with Gasteiger partial charge >= 0.3 is 0 Å². The molecule has 3 aromatic carbocycles. The summed E-state index contributed by atoms with van der Waals surface area (Å²) in [7, 11) is 0. The number of anilines is 2. The second-order valence-electron chi connectivity index (χ2n) is 7.12. The Labute approximate surface area is 163 Å². The van der Waals surface area contributed by atoms with Crippen molar-refractivity contribution in [3.8, 4) is 0 Å². The van der Waals surface area contributed by atoms with Gasteiger partial charge in [0, 0.05) is 23.3 Å². The Balaban J connectivity index is 1.76. The summed E-state index contributed by atoms with van der Waals surface area (Å²) in [5.41, 5.74) is 4.70. The molecule has 3 aromatic rings. The Hall–Kier alpha value is -2.92. The van der Waals surface area contributed by atoms with E-state index in [0.29, 0.717) is 25.3 Å². The number of carbonyl (C=O) groups excluding carboxylic acids is 1. The third-order valence-electron chi connectivity index (χ3n) is 5.24. The van der Waals surface area contributed by atoms with E-state index in [1.165, 1.54) is 0 Å². The number of hydrogen-bond acceptors (Lipinski definition) is 3. The van der Waals surface area contributed by atoms with Crippen LogP contribution in [0.3, 0.4) is 0 Å². The molecule has 1 fully saturated rings. The van der Waals surface area contributed by atoms with E-state index < -0.39 is 6.67 Å². The Morgan fingerprint density at radius 2 is 2.07 bits per heavy atom. The van der Waals surface area contributed by atoms with Crippen LogP contribution in [0.1, 0.15) is 22.8 Å². The van der Waals surface area contributed by atoms with Gasteiger partial charge in [0.25, 0.3) is 0 Å². The largest absolute Gasteiger partial charge is 0.370 e. The lowest BCUT2D eigenvalue weighted by Gasteiger charge is -2.31. The Kier molecular flexibility index (Phi) is 5.26. The minimum absolute atomic E-state index is 0.147. The SMILES string of the molecule is Cc1cccc2c(Nc3cccc(CF)c3)ccc(C3CN(C=O)CCO3)c12. The van der Waals surface area contributed by atoms with Gasteiger partial charge in [-0.15, -0.1) is 0 Å². The molecule has 1 heterocycles. The van der Waals surface area contributed by atoms with Gasteiger partial charge in [-0.05, 0) is 47.2 Å². The van der Waals surface area contributed by atoms with Crippen LogP contribution in [0.2, 0.25) is 0 Å². The number of morpholine rings is 1. The van der Waals surface area contributed by atoms with E-state index in [4.69, 9.17) is 4.74 Å². The average Bonchev–Trinajstić information content (AvgIpc) is 2.74. The summed E-state index contributed by atoms with van der Waals surface area (Å²) in [6, 6.07) is 17.7. The number of nitrogens with zero attached hydrogens (tertiary/aromatic N) is 1. The molecule has 144 valence electrons. The van der Waals surface area contributed by atoms with Gasteiger partial charge in [-0.3, -0.25) is 4.79 Å². The van der Waals surface area contributed by atoms with Gasteiger partial charge in [-0.1, -0.05) is 36.4 Å². The van der Waals surface area contributed by atoms with Crippen molar-refractivity contribution in [2.24, 2.45) is 0 Å². The van der Waals surface area contributed by atoms with Gasteiger partial charge in [-0.2, -0.15) is 0 Å². The fourth-order valence-corrected chi connectivity index (χ4v) is 3.84. The van der Waals surface area contributed by atoms with E-state index >= 15 is 0 Å². The summed E-state index contributed by atoms with van der Waals surface area (Å²) < 4.78 is 19.0. The first-order valence-corrected chi connectivity index (χ1v) is 9.44. The molecule has 0 radical (unpaired) electrons. The van der Waals surface area contributed by atoms with Crippen LogP contribution < -0.4 is 5.32 Å². The lowest BCUT2D eigenvalue weighted by atomic mass is 9.94. The standard InChI is InChI=1S/C23H23FN2O2/c1-16-4-2-7-19-21(25-18-6-3-5-17(12-18)13-24)9-8-20(23(16)19)22-14-26(15-27)10-11-28-22/h2-9,12,15,22,25H,10-11,13-14H2,1H3. The van der Waals surface area contributed by atoms with E-state index in [9.17, 15) is 9.18 Å². The molecule has 0 spiro atoms. The number of halogens is 1. The lowest BCUT2D eigenvalue weighted by molar-refractivity contribution is -0.125. The Morgan fingerprint density at radius 3 is 2.89 bits per heavy atom. The number of fused-ring (bicyclic) bond motifs is 1. The molecule has 1 saturated heterocycles. The van der Waals surface area contributed by atoms with E-state index in [-0.39, 0.29) is 6.10 Å². The smallest absolute Gasteiger partial charge is 0.209 e. The van der Waals surface area contributed by atoms with E-state index in [1.54, 1.807) is 11.0 Å². The van der Waals surface area contributed by atoms with Gasteiger partial charge in [0.2, 0.25) is 6.41 Å². The Morgan fingerprint density at radius 1 is 1.21 bits per heavy atom. The van der Waals surface area contributed by atoms with Gasteiger partial charge < -0.3 is 15.0 Å². The topological polar surface area (TPSA) is 41.6 Å². The molecule has 28 heavy (non-hydrogen) atoms. The summed E-state index contributed by atoms with van der Waals surface area (Å²) in [4.78, 5) is 13.0. The van der Waals surface area contributed by atoms with Gasteiger partial charge in [0.15, 0.2) is 0 Å². The van der Waals surface area contributed by atoms with Crippen LogP contribution in [0.5, 0.6) is 0 Å². The summed E-state index contributed by atoms with van der Waals surface area (Å²) >= 11 is 0. The maximum Gasteiger partial charge on any atom is 0.209 e. The molecule has 1 aliphatic heterocycles. The van der Waals surface area contributed by atoms with E-state index in [1.807, 2.05) is 30.3 Å². The Bertz CT molecular complexity index is 1010. The molecule has 0 saturated carbocycles. The highest BCUT2D eigenvalue weighted by molar-refractivity contribution is 5.99. The monoisotopic (exact) mass is 378 g/mol. The molecule has 1 unspecified atom stereocenters. The molecule has 0 aliphatic carbocycles. The van der Waals surface area contributed by atoms with Gasteiger partial charge in [-0.25, -0.2) is 4.39 Å². The number of benzene rings is 3. The van der Waals surface area contributed by atoms with Crippen LogP contribution in [-0.4, -0.2) is 31.0 Å². The fourth-order valence-electron chi connectivity index (χ4n) is 3.84. The minimum Gasteiger partial charge on any atom is -0.370 e. The van der Waals surface area contributed by atoms with E-state index in [2.05, 4.69) is 30.4 Å². The molecule has 1 aliphatic rings. The summed E-state index contributed by atoms with van der Waals surface area (Å²) in [6.45, 7) is 3.31. The highest BCUT2D eigenvalue weighted by Crippen LogP contribution is 2.36. The van der Waals surface area contributed by atoms with Crippen molar-refractivity contribution in [1.82, 2.24) is 4.90 Å². The fraction of sp³-hybridized carbons (Fsp3) is 0.261. The van der Waals surface area contributed by atoms with Crippen molar-refractivity contribution < 1.29 is 13.9 Å². The first-order valence-electron chi connectivity index (χ1n) is 9.44. The van der Waals surface area contributed by atoms with Crippen LogP contribution in [0.25, 0.3) is 10.8 Å². The van der Waals surface area contributed by atoms with Crippen LogP contribution in [-0.2, 0) is 16.2 Å². The molecule has 1 atom stereocenters. The molecular formula is C23H23FN2O2. The normalized spacial score (nSPS) is 16.9. The van der Waals surface area contributed by atoms with Crippen LogP contribution in [0, 0.1) is 6.92 Å². The zero-order chi connectivity index (χ0) is 19.5. The van der Waals surface area contributed by atoms with Crippen LogP contribution in [0.15, 0.2) is 54.6 Å². The second-order valence-corrected chi connectivity index (χ2v) is 7.12. The molecule has 1 amide bonds. The number of hydrogen-bond donors (Lipinski definition) is 1. The number of nitrogens with one attached hydrogen (secondary N) is 1. The van der Waals surface area contributed by atoms with Crippen molar-refractivity contribution >= 4 is 28.6 Å². The highest BCUT2D eigenvalue weighted by atomic mass is 19.1. The number of rotatable bonds is 5. The molecule has 0 aromatic heterocycles.